The molecule has 0 saturated carbocycles. The molecule has 6 nitrogen and oxygen atoms in total. The minimum atomic E-state index is -0.462. The van der Waals surface area contributed by atoms with E-state index in [1.54, 1.807) is 31.2 Å². The quantitative estimate of drug-likeness (QED) is 0.676. The van der Waals surface area contributed by atoms with E-state index in [1.807, 2.05) is 0 Å². The van der Waals surface area contributed by atoms with Gasteiger partial charge in [-0.2, -0.15) is 0 Å². The zero-order valence-corrected chi connectivity index (χ0v) is 10.2. The fourth-order valence-corrected chi connectivity index (χ4v) is 1.64. The standard InChI is InChI=1S/C13H12N2O4/c1-9(14-13(16)12-3-2-8-19-12)10-4-6-11(7-5-10)15(17)18/h2-9H,1H3,(H,14,16)/t9-/m1/s1. The van der Waals surface area contributed by atoms with Gasteiger partial charge in [0.1, 0.15) is 0 Å². The lowest BCUT2D eigenvalue weighted by atomic mass is 10.1. The van der Waals surface area contributed by atoms with Crippen molar-refractivity contribution in [2.24, 2.45) is 0 Å². The number of nitrogens with one attached hydrogen (secondary N) is 1. The molecule has 1 N–H and O–H groups in total. The summed E-state index contributed by atoms with van der Waals surface area (Å²) in [6.07, 6.45) is 1.42. The van der Waals surface area contributed by atoms with Crippen LogP contribution in [0, 0.1) is 10.1 Å². The summed E-state index contributed by atoms with van der Waals surface area (Å²) in [6, 6.07) is 8.98. The molecule has 2 rings (SSSR count). The van der Waals surface area contributed by atoms with Crippen LogP contribution in [0.2, 0.25) is 0 Å². The summed E-state index contributed by atoms with van der Waals surface area (Å²) in [7, 11) is 0. The molecule has 0 radical (unpaired) electrons. The van der Waals surface area contributed by atoms with Crippen molar-refractivity contribution in [3.8, 4) is 0 Å². The third kappa shape index (κ3) is 2.98. The van der Waals surface area contributed by atoms with Crippen molar-refractivity contribution in [3.63, 3.8) is 0 Å². The molecule has 1 aromatic heterocycles. The number of hydrogen-bond donors (Lipinski definition) is 1. The van der Waals surface area contributed by atoms with Crippen molar-refractivity contribution >= 4 is 11.6 Å². The molecule has 1 aromatic carbocycles. The molecule has 98 valence electrons. The van der Waals surface area contributed by atoms with Gasteiger partial charge in [-0.1, -0.05) is 12.1 Å². The molecular formula is C13H12N2O4. The zero-order valence-electron chi connectivity index (χ0n) is 10.2. The molecule has 0 aliphatic rings. The average Bonchev–Trinajstić information content (AvgIpc) is 2.92. The molecule has 0 aliphatic carbocycles. The van der Waals surface area contributed by atoms with Gasteiger partial charge in [0.2, 0.25) is 0 Å². The fourth-order valence-electron chi connectivity index (χ4n) is 1.64. The number of carbonyl (C=O) groups is 1. The topological polar surface area (TPSA) is 85.4 Å². The van der Waals surface area contributed by atoms with E-state index in [2.05, 4.69) is 5.32 Å². The van der Waals surface area contributed by atoms with E-state index in [1.165, 1.54) is 18.4 Å². The Morgan fingerprint density at radius 1 is 1.32 bits per heavy atom. The molecule has 0 unspecified atom stereocenters. The first-order valence-electron chi connectivity index (χ1n) is 5.66. The van der Waals surface area contributed by atoms with Crippen molar-refractivity contribution in [2.45, 2.75) is 13.0 Å². The Labute approximate surface area is 109 Å². The predicted octanol–water partition coefficient (Wildman–Crippen LogP) is 2.68. The number of amides is 1. The minimum absolute atomic E-state index is 0.0216. The Kier molecular flexibility index (Phi) is 3.61. The highest BCUT2D eigenvalue weighted by atomic mass is 16.6. The zero-order chi connectivity index (χ0) is 13.8. The number of nitro groups is 1. The Balaban J connectivity index is 2.05. The predicted molar refractivity (Wildman–Crippen MR) is 67.7 cm³/mol. The smallest absolute Gasteiger partial charge is 0.287 e. The Morgan fingerprint density at radius 2 is 2.00 bits per heavy atom. The lowest BCUT2D eigenvalue weighted by molar-refractivity contribution is -0.384. The van der Waals surface area contributed by atoms with Gasteiger partial charge in [-0.25, -0.2) is 0 Å². The Hall–Kier alpha value is -2.63. The van der Waals surface area contributed by atoms with Crippen LogP contribution < -0.4 is 5.32 Å². The summed E-state index contributed by atoms with van der Waals surface area (Å²) in [5.74, 6) is -0.0929. The highest BCUT2D eigenvalue weighted by molar-refractivity contribution is 5.91. The van der Waals surface area contributed by atoms with Gasteiger partial charge in [-0.05, 0) is 24.6 Å². The SMILES string of the molecule is C[C@@H](NC(=O)c1ccco1)c1ccc([N+](=O)[O-])cc1. The number of nitro benzene ring substituents is 1. The van der Waals surface area contributed by atoms with Crippen LogP contribution in [-0.2, 0) is 0 Å². The van der Waals surface area contributed by atoms with Crippen LogP contribution in [0.1, 0.15) is 29.1 Å². The second-order valence-electron chi connectivity index (χ2n) is 4.02. The van der Waals surface area contributed by atoms with Crippen molar-refractivity contribution in [1.29, 1.82) is 0 Å². The number of benzene rings is 1. The second-order valence-corrected chi connectivity index (χ2v) is 4.02. The summed E-state index contributed by atoms with van der Waals surface area (Å²) in [6.45, 7) is 1.79. The largest absolute Gasteiger partial charge is 0.459 e. The maximum atomic E-state index is 11.8. The third-order valence-electron chi connectivity index (χ3n) is 2.70. The van der Waals surface area contributed by atoms with Crippen molar-refractivity contribution in [1.82, 2.24) is 5.32 Å². The van der Waals surface area contributed by atoms with Gasteiger partial charge < -0.3 is 9.73 Å². The lowest BCUT2D eigenvalue weighted by Crippen LogP contribution is -2.26. The van der Waals surface area contributed by atoms with E-state index in [9.17, 15) is 14.9 Å². The molecule has 1 heterocycles. The van der Waals surface area contributed by atoms with Crippen LogP contribution in [0.4, 0.5) is 5.69 Å². The Bertz CT molecular complexity index is 575. The van der Waals surface area contributed by atoms with Gasteiger partial charge >= 0.3 is 0 Å². The van der Waals surface area contributed by atoms with Crippen molar-refractivity contribution in [3.05, 3.63) is 64.1 Å². The fraction of sp³-hybridized carbons (Fsp3) is 0.154. The molecule has 6 heteroatoms. The van der Waals surface area contributed by atoms with Crippen LogP contribution >= 0.6 is 0 Å². The van der Waals surface area contributed by atoms with E-state index < -0.39 is 4.92 Å². The first-order valence-corrected chi connectivity index (χ1v) is 5.66. The average molecular weight is 260 g/mol. The molecule has 19 heavy (non-hydrogen) atoms. The van der Waals surface area contributed by atoms with Crippen LogP contribution in [0.15, 0.2) is 47.1 Å². The van der Waals surface area contributed by atoms with Crippen molar-refractivity contribution < 1.29 is 14.1 Å². The summed E-state index contributed by atoms with van der Waals surface area (Å²) < 4.78 is 4.98. The number of non-ortho nitro benzene ring substituents is 1. The maximum Gasteiger partial charge on any atom is 0.287 e. The number of hydrogen-bond acceptors (Lipinski definition) is 4. The number of furan rings is 1. The maximum absolute atomic E-state index is 11.8. The van der Waals surface area contributed by atoms with E-state index in [0.717, 1.165) is 5.56 Å². The molecular weight excluding hydrogens is 248 g/mol. The van der Waals surface area contributed by atoms with Crippen molar-refractivity contribution in [2.75, 3.05) is 0 Å². The van der Waals surface area contributed by atoms with Gasteiger partial charge in [0.25, 0.3) is 11.6 Å². The monoisotopic (exact) mass is 260 g/mol. The first kappa shape index (κ1) is 12.8. The van der Waals surface area contributed by atoms with Gasteiger partial charge in [0.05, 0.1) is 17.2 Å². The van der Waals surface area contributed by atoms with Crippen LogP contribution in [-0.4, -0.2) is 10.8 Å². The van der Waals surface area contributed by atoms with Gasteiger partial charge in [0, 0.05) is 12.1 Å². The molecule has 0 spiro atoms. The van der Waals surface area contributed by atoms with E-state index >= 15 is 0 Å². The lowest BCUT2D eigenvalue weighted by Gasteiger charge is -2.13. The van der Waals surface area contributed by atoms with Gasteiger partial charge in [0.15, 0.2) is 5.76 Å². The molecule has 1 amide bonds. The molecule has 0 bridgehead atoms. The third-order valence-corrected chi connectivity index (χ3v) is 2.70. The first-order chi connectivity index (χ1) is 9.08. The normalized spacial score (nSPS) is 11.8. The molecule has 1 atom stereocenters. The van der Waals surface area contributed by atoms with E-state index in [-0.39, 0.29) is 23.4 Å². The van der Waals surface area contributed by atoms with Crippen LogP contribution in [0.5, 0.6) is 0 Å². The number of carbonyl (C=O) groups excluding carboxylic acids is 1. The van der Waals surface area contributed by atoms with Gasteiger partial charge in [-0.15, -0.1) is 0 Å². The molecule has 2 aromatic rings. The molecule has 0 aliphatic heterocycles. The highest BCUT2D eigenvalue weighted by Crippen LogP contribution is 2.17. The summed E-state index contributed by atoms with van der Waals surface area (Å²) >= 11 is 0. The van der Waals surface area contributed by atoms with Crippen LogP contribution in [0.3, 0.4) is 0 Å². The van der Waals surface area contributed by atoms with E-state index in [0.29, 0.717) is 0 Å². The van der Waals surface area contributed by atoms with Gasteiger partial charge in [-0.3, -0.25) is 14.9 Å². The minimum Gasteiger partial charge on any atom is -0.459 e. The molecule has 0 fully saturated rings. The second kappa shape index (κ2) is 5.34. The summed E-state index contributed by atoms with van der Waals surface area (Å²) in [4.78, 5) is 21.8. The molecule has 0 saturated heterocycles. The number of nitrogens with zero attached hydrogens (tertiary/aromatic N) is 1. The number of rotatable bonds is 4. The Morgan fingerprint density at radius 3 is 2.53 bits per heavy atom. The van der Waals surface area contributed by atoms with E-state index in [4.69, 9.17) is 4.42 Å². The summed E-state index contributed by atoms with van der Waals surface area (Å²) in [5, 5.41) is 13.3. The highest BCUT2D eigenvalue weighted by Gasteiger charge is 2.14. The van der Waals surface area contributed by atoms with Crippen LogP contribution in [0.25, 0.3) is 0 Å². The summed E-state index contributed by atoms with van der Waals surface area (Å²) in [5.41, 5.74) is 0.804.